The number of hydrogen-bond donors (Lipinski definition) is 2. The molecule has 178 valence electrons. The van der Waals surface area contributed by atoms with Crippen LogP contribution in [-0.4, -0.2) is 68.1 Å². The molecule has 34 heavy (non-hydrogen) atoms. The van der Waals surface area contributed by atoms with Crippen LogP contribution in [-0.2, 0) is 10.0 Å². The maximum atomic E-state index is 11.8. The Balaban J connectivity index is 1.41. The van der Waals surface area contributed by atoms with E-state index < -0.39 is 10.0 Å². The second kappa shape index (κ2) is 8.93. The number of imidazole rings is 1. The van der Waals surface area contributed by atoms with Gasteiger partial charge in [-0.05, 0) is 43.5 Å². The SMILES string of the molecule is C[C@H](Nc1ncnc2nc(Cl)[nH]c12)c1nc(OC2CCN(S(C)(=O)=O)CC2)c2ccccc2n1. The van der Waals surface area contributed by atoms with Crippen LogP contribution in [0.5, 0.6) is 5.88 Å². The summed E-state index contributed by atoms with van der Waals surface area (Å²) in [5, 5.41) is 4.32. The maximum absolute atomic E-state index is 11.8. The Kier molecular flexibility index (Phi) is 5.96. The summed E-state index contributed by atoms with van der Waals surface area (Å²) in [4.78, 5) is 24.9. The van der Waals surface area contributed by atoms with Crippen molar-refractivity contribution in [2.24, 2.45) is 0 Å². The third kappa shape index (κ3) is 4.61. The first-order valence-corrected chi connectivity index (χ1v) is 13.0. The summed E-state index contributed by atoms with van der Waals surface area (Å²) in [6.45, 7) is 2.77. The average Bonchev–Trinajstić information content (AvgIpc) is 3.20. The lowest BCUT2D eigenvalue weighted by Crippen LogP contribution is -2.41. The van der Waals surface area contributed by atoms with E-state index in [1.54, 1.807) is 0 Å². The smallest absolute Gasteiger partial charge is 0.225 e. The largest absolute Gasteiger partial charge is 0.474 e. The average molecular weight is 503 g/mol. The highest BCUT2D eigenvalue weighted by Gasteiger charge is 2.27. The van der Waals surface area contributed by atoms with E-state index >= 15 is 0 Å². The normalized spacial score (nSPS) is 16.7. The van der Waals surface area contributed by atoms with Crippen LogP contribution in [0.15, 0.2) is 30.6 Å². The van der Waals surface area contributed by atoms with Gasteiger partial charge in [0.15, 0.2) is 17.3 Å². The van der Waals surface area contributed by atoms with Gasteiger partial charge >= 0.3 is 0 Å². The fourth-order valence-electron chi connectivity index (χ4n) is 3.97. The molecule has 1 atom stereocenters. The number of hydrogen-bond acceptors (Lipinski definition) is 9. The molecule has 1 aliphatic heterocycles. The molecule has 0 unspecified atom stereocenters. The lowest BCUT2D eigenvalue weighted by molar-refractivity contribution is 0.131. The van der Waals surface area contributed by atoms with Gasteiger partial charge in [-0.3, -0.25) is 0 Å². The van der Waals surface area contributed by atoms with E-state index in [2.05, 4.69) is 25.3 Å². The van der Waals surface area contributed by atoms with Crippen LogP contribution >= 0.6 is 11.6 Å². The Morgan fingerprint density at radius 2 is 1.94 bits per heavy atom. The van der Waals surface area contributed by atoms with Gasteiger partial charge < -0.3 is 15.0 Å². The number of ether oxygens (including phenoxy) is 1. The number of sulfonamides is 1. The van der Waals surface area contributed by atoms with Crippen molar-refractivity contribution in [2.45, 2.75) is 31.9 Å². The van der Waals surface area contributed by atoms with Gasteiger partial charge in [-0.2, -0.15) is 9.97 Å². The molecule has 0 amide bonds. The van der Waals surface area contributed by atoms with Crippen LogP contribution in [0.1, 0.15) is 31.6 Å². The van der Waals surface area contributed by atoms with Gasteiger partial charge in [-0.25, -0.2) is 27.7 Å². The van der Waals surface area contributed by atoms with E-state index in [-0.39, 0.29) is 17.4 Å². The molecule has 1 aromatic carbocycles. The number of fused-ring (bicyclic) bond motifs is 2. The van der Waals surface area contributed by atoms with Gasteiger partial charge in [-0.15, -0.1) is 0 Å². The van der Waals surface area contributed by atoms with E-state index in [0.29, 0.717) is 54.6 Å². The van der Waals surface area contributed by atoms with Crippen molar-refractivity contribution in [3.05, 3.63) is 41.7 Å². The zero-order valence-electron chi connectivity index (χ0n) is 18.6. The monoisotopic (exact) mass is 502 g/mol. The number of benzene rings is 1. The zero-order chi connectivity index (χ0) is 23.9. The highest BCUT2D eigenvalue weighted by atomic mass is 35.5. The molecule has 0 saturated carbocycles. The van der Waals surface area contributed by atoms with Crippen molar-refractivity contribution in [3.63, 3.8) is 0 Å². The van der Waals surface area contributed by atoms with Crippen LogP contribution in [0.4, 0.5) is 5.82 Å². The van der Waals surface area contributed by atoms with Gasteiger partial charge in [0, 0.05) is 13.1 Å². The Hall–Kier alpha value is -3.09. The van der Waals surface area contributed by atoms with Gasteiger partial charge in [0.25, 0.3) is 0 Å². The number of rotatable bonds is 6. The topological polar surface area (TPSA) is 139 Å². The summed E-state index contributed by atoms with van der Waals surface area (Å²) in [5.74, 6) is 1.54. The van der Waals surface area contributed by atoms with Gasteiger partial charge in [0.05, 0.1) is 23.2 Å². The van der Waals surface area contributed by atoms with Crippen molar-refractivity contribution in [1.29, 1.82) is 0 Å². The molecule has 3 aromatic heterocycles. The number of piperidine rings is 1. The fourth-order valence-corrected chi connectivity index (χ4v) is 5.02. The molecule has 0 radical (unpaired) electrons. The molecule has 0 spiro atoms. The summed E-state index contributed by atoms with van der Waals surface area (Å²) in [5.41, 5.74) is 1.80. The molecule has 1 aliphatic rings. The summed E-state index contributed by atoms with van der Waals surface area (Å²) in [6, 6.07) is 7.32. The van der Waals surface area contributed by atoms with Crippen LogP contribution < -0.4 is 10.1 Å². The van der Waals surface area contributed by atoms with Crippen LogP contribution in [0.2, 0.25) is 5.28 Å². The minimum Gasteiger partial charge on any atom is -0.474 e. The lowest BCUT2D eigenvalue weighted by Gasteiger charge is -2.30. The molecular formula is C21H23ClN8O3S. The predicted octanol–water partition coefficient (Wildman–Crippen LogP) is 2.93. The van der Waals surface area contributed by atoms with E-state index in [4.69, 9.17) is 26.3 Å². The Morgan fingerprint density at radius 1 is 1.18 bits per heavy atom. The molecule has 0 bridgehead atoms. The molecule has 13 heteroatoms. The quantitative estimate of drug-likeness (QED) is 0.381. The highest BCUT2D eigenvalue weighted by Crippen LogP contribution is 2.29. The third-order valence-electron chi connectivity index (χ3n) is 5.73. The minimum absolute atomic E-state index is 0.138. The second-order valence-corrected chi connectivity index (χ2v) is 10.5. The van der Waals surface area contributed by atoms with Crippen molar-refractivity contribution in [2.75, 3.05) is 24.7 Å². The summed E-state index contributed by atoms with van der Waals surface area (Å²) in [7, 11) is -3.20. The standard InChI is InChI=1S/C21H23ClN8O3S/c1-12(25-18-16-19(24-11-23-18)29-21(22)27-16)17-26-15-6-4-3-5-14(15)20(28-17)33-13-7-9-30(10-8-13)34(2,31)32/h3-6,11-13H,7-10H2,1-2H3,(H2,23,24,25,27,29)/t12-/m0/s1. The van der Waals surface area contributed by atoms with Crippen LogP contribution in [0, 0.1) is 0 Å². The Morgan fingerprint density at radius 3 is 2.71 bits per heavy atom. The fraction of sp³-hybridized carbons (Fsp3) is 0.381. The molecule has 5 rings (SSSR count). The summed E-state index contributed by atoms with van der Waals surface area (Å²) in [6.07, 6.45) is 3.69. The van der Waals surface area contributed by atoms with Gasteiger partial charge in [0.2, 0.25) is 21.2 Å². The number of anilines is 1. The zero-order valence-corrected chi connectivity index (χ0v) is 20.1. The highest BCUT2D eigenvalue weighted by molar-refractivity contribution is 7.88. The molecule has 4 aromatic rings. The molecule has 4 heterocycles. The summed E-state index contributed by atoms with van der Waals surface area (Å²) < 4.78 is 31.4. The first-order chi connectivity index (χ1) is 16.3. The number of para-hydroxylation sites is 1. The number of nitrogens with one attached hydrogen (secondary N) is 2. The first kappa shape index (κ1) is 22.7. The molecule has 2 N–H and O–H groups in total. The predicted molar refractivity (Wildman–Crippen MR) is 128 cm³/mol. The number of H-pyrrole nitrogens is 1. The number of aromatic nitrogens is 6. The van der Waals surface area contributed by atoms with Crippen molar-refractivity contribution in [3.8, 4) is 5.88 Å². The lowest BCUT2D eigenvalue weighted by atomic mass is 10.1. The van der Waals surface area contributed by atoms with E-state index in [1.165, 1.54) is 16.9 Å². The van der Waals surface area contributed by atoms with Crippen LogP contribution in [0.3, 0.4) is 0 Å². The molecule has 1 saturated heterocycles. The Labute approximate surface area is 201 Å². The van der Waals surface area contributed by atoms with Crippen molar-refractivity contribution in [1.82, 2.24) is 34.2 Å². The van der Waals surface area contributed by atoms with Gasteiger partial charge in [0.1, 0.15) is 17.9 Å². The van der Waals surface area contributed by atoms with Crippen LogP contribution in [0.25, 0.3) is 22.1 Å². The van der Waals surface area contributed by atoms with Crippen molar-refractivity contribution >= 4 is 49.5 Å². The number of aromatic amines is 1. The molecule has 11 nitrogen and oxygen atoms in total. The first-order valence-electron chi connectivity index (χ1n) is 10.8. The maximum Gasteiger partial charge on any atom is 0.225 e. The number of nitrogens with zero attached hydrogens (tertiary/aromatic N) is 6. The van der Waals surface area contributed by atoms with E-state index in [0.717, 1.165) is 10.9 Å². The summed E-state index contributed by atoms with van der Waals surface area (Å²) >= 11 is 5.98. The van der Waals surface area contributed by atoms with E-state index in [9.17, 15) is 8.42 Å². The second-order valence-electron chi connectivity index (χ2n) is 8.20. The molecular weight excluding hydrogens is 480 g/mol. The van der Waals surface area contributed by atoms with Gasteiger partial charge in [-0.1, -0.05) is 12.1 Å². The molecule has 0 aliphatic carbocycles. The van der Waals surface area contributed by atoms with E-state index in [1.807, 2.05) is 31.2 Å². The van der Waals surface area contributed by atoms with Crippen molar-refractivity contribution < 1.29 is 13.2 Å². The third-order valence-corrected chi connectivity index (χ3v) is 7.22. The Bertz CT molecular complexity index is 1450. The minimum atomic E-state index is -3.20. The number of halogens is 1. The molecule has 1 fully saturated rings.